The minimum absolute atomic E-state index is 0.0921. The van der Waals surface area contributed by atoms with Crippen LogP contribution >= 0.6 is 11.6 Å². The number of amides is 1. The number of ether oxygens (including phenoxy) is 2. The third kappa shape index (κ3) is 4.04. The lowest BCUT2D eigenvalue weighted by atomic mass is 10.1. The molecule has 0 unspecified atom stereocenters. The van der Waals surface area contributed by atoms with E-state index in [4.69, 9.17) is 16.3 Å². The Hall–Kier alpha value is -1.40. The molecule has 0 saturated heterocycles. The van der Waals surface area contributed by atoms with Crippen molar-refractivity contribution >= 4 is 23.2 Å². The summed E-state index contributed by atoms with van der Waals surface area (Å²) >= 11 is 5.51. The Morgan fingerprint density at radius 2 is 2.16 bits per heavy atom. The number of nitrogens with zero attached hydrogens (tertiary/aromatic N) is 1. The number of alkyl halides is 3. The monoisotopic (exact) mass is 293 g/mol. The molecule has 1 amide bonds. The maximum atomic E-state index is 12.4. The second-order valence-corrected chi connectivity index (χ2v) is 3.94. The van der Waals surface area contributed by atoms with Gasteiger partial charge in [-0.1, -0.05) is 12.1 Å². The molecule has 0 N–H and O–H groups in total. The zero-order valence-electron chi connectivity index (χ0n) is 10.5. The largest absolute Gasteiger partial charge is 0.433 e. The van der Waals surface area contributed by atoms with Gasteiger partial charge in [0.25, 0.3) is 0 Å². The van der Waals surface area contributed by atoms with E-state index < -0.39 is 12.5 Å². The summed E-state index contributed by atoms with van der Waals surface area (Å²) in [5.41, 5.74) is 0.837. The van der Waals surface area contributed by atoms with Gasteiger partial charge in [-0.05, 0) is 18.6 Å². The predicted octanol–water partition coefficient (Wildman–Crippen LogP) is 2.77. The lowest BCUT2D eigenvalue weighted by Crippen LogP contribution is -2.34. The molecular formula is C12H14ClF2NO3. The highest BCUT2D eigenvalue weighted by Gasteiger charge is 2.22. The van der Waals surface area contributed by atoms with Crippen molar-refractivity contribution < 1.29 is 23.0 Å². The molecule has 7 heteroatoms. The van der Waals surface area contributed by atoms with Crippen LogP contribution in [-0.2, 0) is 9.53 Å². The van der Waals surface area contributed by atoms with Crippen molar-refractivity contribution in [3.8, 4) is 5.75 Å². The van der Waals surface area contributed by atoms with E-state index in [0.717, 1.165) is 0 Å². The van der Waals surface area contributed by atoms with Gasteiger partial charge in [0.2, 0.25) is 5.91 Å². The minimum Gasteiger partial charge on any atom is -0.433 e. The molecule has 0 aromatic heterocycles. The lowest BCUT2D eigenvalue weighted by molar-refractivity contribution is -0.117. The molecule has 106 valence electrons. The summed E-state index contributed by atoms with van der Waals surface area (Å²) in [7, 11) is 1.39. The van der Waals surface area contributed by atoms with Gasteiger partial charge in [0.05, 0.1) is 5.69 Å². The van der Waals surface area contributed by atoms with Gasteiger partial charge >= 0.3 is 6.61 Å². The van der Waals surface area contributed by atoms with Crippen LogP contribution in [-0.4, -0.2) is 32.2 Å². The van der Waals surface area contributed by atoms with Gasteiger partial charge in [-0.15, -0.1) is 11.6 Å². The number of carbonyl (C=O) groups excluding carboxylic acids is 1. The van der Waals surface area contributed by atoms with Gasteiger partial charge in [-0.2, -0.15) is 8.78 Å². The highest BCUT2D eigenvalue weighted by atomic mass is 35.5. The van der Waals surface area contributed by atoms with Gasteiger partial charge < -0.3 is 9.47 Å². The lowest BCUT2D eigenvalue weighted by Gasteiger charge is -2.25. The zero-order valence-corrected chi connectivity index (χ0v) is 11.3. The molecule has 0 saturated carbocycles. The second-order valence-electron chi connectivity index (χ2n) is 3.67. The fraction of sp³-hybridized carbons (Fsp3) is 0.417. The molecule has 0 atom stereocenters. The summed E-state index contributed by atoms with van der Waals surface area (Å²) in [4.78, 5) is 12.9. The number of methoxy groups -OCH3 is 1. The van der Waals surface area contributed by atoms with Crippen molar-refractivity contribution in [2.24, 2.45) is 0 Å². The van der Waals surface area contributed by atoms with Gasteiger partial charge in [0, 0.05) is 7.11 Å². The van der Waals surface area contributed by atoms with Crippen molar-refractivity contribution in [3.05, 3.63) is 23.8 Å². The SMILES string of the molecule is COCN(C(=O)CCl)c1c(C)cccc1OC(F)F. The Labute approximate surface area is 114 Å². The van der Waals surface area contributed by atoms with Crippen LogP contribution in [0.2, 0.25) is 0 Å². The quantitative estimate of drug-likeness (QED) is 0.598. The van der Waals surface area contributed by atoms with Crippen LogP contribution in [0.5, 0.6) is 5.75 Å². The molecule has 0 radical (unpaired) electrons. The first-order valence-corrected chi connectivity index (χ1v) is 5.94. The standard InChI is InChI=1S/C12H14ClF2NO3/c1-8-4-3-5-9(19-12(14)15)11(8)16(7-18-2)10(17)6-13/h3-5,12H,6-7H2,1-2H3. The van der Waals surface area contributed by atoms with Crippen LogP contribution in [0.15, 0.2) is 18.2 Å². The van der Waals surface area contributed by atoms with E-state index in [0.29, 0.717) is 5.56 Å². The second kappa shape index (κ2) is 7.25. The van der Waals surface area contributed by atoms with E-state index in [1.54, 1.807) is 19.1 Å². The zero-order chi connectivity index (χ0) is 14.4. The van der Waals surface area contributed by atoms with Crippen LogP contribution < -0.4 is 9.64 Å². The first-order valence-electron chi connectivity index (χ1n) is 5.41. The van der Waals surface area contributed by atoms with E-state index >= 15 is 0 Å². The molecule has 0 aliphatic heterocycles. The summed E-state index contributed by atoms with van der Waals surface area (Å²) in [5.74, 6) is -0.839. The molecule has 0 bridgehead atoms. The molecule has 0 aliphatic carbocycles. The van der Waals surface area contributed by atoms with Gasteiger partial charge in [0.1, 0.15) is 18.4 Å². The van der Waals surface area contributed by atoms with Crippen molar-refractivity contribution in [2.45, 2.75) is 13.5 Å². The Morgan fingerprint density at radius 3 is 2.68 bits per heavy atom. The minimum atomic E-state index is -2.98. The molecule has 0 fully saturated rings. The number of rotatable bonds is 6. The average molecular weight is 294 g/mol. The molecule has 4 nitrogen and oxygen atoms in total. The highest BCUT2D eigenvalue weighted by molar-refractivity contribution is 6.29. The summed E-state index contributed by atoms with van der Waals surface area (Å²) in [6.07, 6.45) is 0. The van der Waals surface area contributed by atoms with Gasteiger partial charge in [-0.3, -0.25) is 9.69 Å². The summed E-state index contributed by atoms with van der Waals surface area (Å²) < 4.78 is 34.1. The van der Waals surface area contributed by atoms with Crippen LogP contribution in [0.4, 0.5) is 14.5 Å². The molecular weight excluding hydrogens is 280 g/mol. The van der Waals surface area contributed by atoms with Crippen molar-refractivity contribution in [3.63, 3.8) is 0 Å². The van der Waals surface area contributed by atoms with Crippen molar-refractivity contribution in [1.29, 1.82) is 0 Å². The summed E-state index contributed by atoms with van der Waals surface area (Å²) in [6, 6.07) is 4.60. The average Bonchev–Trinajstić information content (AvgIpc) is 2.35. The Balaban J connectivity index is 3.23. The first-order chi connectivity index (χ1) is 9.01. The van der Waals surface area contributed by atoms with Crippen molar-refractivity contribution in [1.82, 2.24) is 0 Å². The predicted molar refractivity (Wildman–Crippen MR) is 67.9 cm³/mol. The number of para-hydroxylation sites is 1. The van der Waals surface area contributed by atoms with Crippen LogP contribution in [0.1, 0.15) is 5.56 Å². The first kappa shape index (κ1) is 15.7. The molecule has 1 aromatic rings. The fourth-order valence-electron chi connectivity index (χ4n) is 1.63. The smallest absolute Gasteiger partial charge is 0.387 e. The Kier molecular flexibility index (Phi) is 5.98. The Bertz CT molecular complexity index is 443. The molecule has 1 aromatic carbocycles. The highest BCUT2D eigenvalue weighted by Crippen LogP contribution is 2.33. The third-order valence-corrected chi connectivity index (χ3v) is 2.59. The molecule has 19 heavy (non-hydrogen) atoms. The summed E-state index contributed by atoms with van der Waals surface area (Å²) in [5, 5.41) is 0. The van der Waals surface area contributed by atoms with Crippen LogP contribution in [0.25, 0.3) is 0 Å². The topological polar surface area (TPSA) is 38.8 Å². The van der Waals surface area contributed by atoms with Gasteiger partial charge in [0.15, 0.2) is 0 Å². The normalized spacial score (nSPS) is 10.6. The van der Waals surface area contributed by atoms with Crippen molar-refractivity contribution in [2.75, 3.05) is 24.6 Å². The van der Waals surface area contributed by atoms with E-state index in [9.17, 15) is 13.6 Å². The third-order valence-electron chi connectivity index (χ3n) is 2.36. The number of hydrogen-bond acceptors (Lipinski definition) is 3. The number of aryl methyl sites for hydroxylation is 1. The van der Waals surface area contributed by atoms with E-state index in [-0.39, 0.29) is 24.0 Å². The number of benzene rings is 1. The van der Waals surface area contributed by atoms with E-state index in [2.05, 4.69) is 4.74 Å². The maximum Gasteiger partial charge on any atom is 0.387 e. The number of hydrogen-bond donors (Lipinski definition) is 0. The van der Waals surface area contributed by atoms with Crippen LogP contribution in [0, 0.1) is 6.92 Å². The van der Waals surface area contributed by atoms with E-state index in [1.165, 1.54) is 18.1 Å². The number of halogens is 3. The molecule has 0 spiro atoms. The molecule has 0 aliphatic rings. The number of anilines is 1. The summed E-state index contributed by atoms with van der Waals surface area (Å²) in [6.45, 7) is -1.40. The maximum absolute atomic E-state index is 12.4. The molecule has 1 rings (SSSR count). The number of carbonyl (C=O) groups is 1. The van der Waals surface area contributed by atoms with Crippen LogP contribution in [0.3, 0.4) is 0 Å². The van der Waals surface area contributed by atoms with Gasteiger partial charge in [-0.25, -0.2) is 0 Å². The fourth-order valence-corrected chi connectivity index (χ4v) is 1.78. The molecule has 0 heterocycles. The Morgan fingerprint density at radius 1 is 1.47 bits per heavy atom. The van der Waals surface area contributed by atoms with E-state index in [1.807, 2.05) is 0 Å².